The van der Waals surface area contributed by atoms with Gasteiger partial charge in [0.25, 0.3) is 0 Å². The van der Waals surface area contributed by atoms with Gasteiger partial charge in [0.2, 0.25) is 11.8 Å². The zero-order valence-corrected chi connectivity index (χ0v) is 10.0. The summed E-state index contributed by atoms with van der Waals surface area (Å²) in [6.45, 7) is 4.93. The monoisotopic (exact) mass is 227 g/mol. The van der Waals surface area contributed by atoms with Crippen molar-refractivity contribution in [3.05, 3.63) is 0 Å². The average Bonchev–Trinajstić information content (AvgIpc) is 2.21. The van der Waals surface area contributed by atoms with Crippen molar-refractivity contribution in [3.63, 3.8) is 0 Å². The Labute approximate surface area is 96.1 Å². The van der Waals surface area contributed by atoms with Gasteiger partial charge in [0.05, 0.1) is 12.0 Å². The van der Waals surface area contributed by atoms with Crippen LogP contribution in [0.2, 0.25) is 0 Å². The first kappa shape index (κ1) is 13.0. The summed E-state index contributed by atoms with van der Waals surface area (Å²) < 4.78 is 0. The maximum absolute atomic E-state index is 11.9. The third kappa shape index (κ3) is 2.72. The van der Waals surface area contributed by atoms with E-state index in [1.165, 1.54) is 0 Å². The van der Waals surface area contributed by atoms with Crippen LogP contribution in [0.1, 0.15) is 26.7 Å². The van der Waals surface area contributed by atoms with E-state index in [2.05, 4.69) is 17.6 Å². The van der Waals surface area contributed by atoms with Crippen LogP contribution >= 0.6 is 0 Å². The van der Waals surface area contributed by atoms with Crippen LogP contribution in [0.4, 0.5) is 0 Å². The summed E-state index contributed by atoms with van der Waals surface area (Å²) in [7, 11) is 0. The van der Waals surface area contributed by atoms with Crippen molar-refractivity contribution in [1.29, 1.82) is 0 Å². The Morgan fingerprint density at radius 3 is 2.44 bits per heavy atom. The number of carbonyl (C=O) groups excluding carboxylic acids is 2. The number of nitrogens with one attached hydrogen (secondary N) is 2. The lowest BCUT2D eigenvalue weighted by Crippen LogP contribution is -2.54. The van der Waals surface area contributed by atoms with E-state index < -0.39 is 5.41 Å². The van der Waals surface area contributed by atoms with E-state index in [9.17, 15) is 9.59 Å². The molecule has 0 aromatic rings. The van der Waals surface area contributed by atoms with Gasteiger partial charge in [0.15, 0.2) is 0 Å². The molecule has 0 aromatic heterocycles. The smallest absolute Gasteiger partial charge is 0.239 e. The number of amides is 2. The van der Waals surface area contributed by atoms with Crippen LogP contribution in [0.5, 0.6) is 0 Å². The maximum atomic E-state index is 11.9. The normalized spacial score (nSPS) is 28.1. The van der Waals surface area contributed by atoms with Gasteiger partial charge < -0.3 is 16.4 Å². The molecular weight excluding hydrogens is 206 g/mol. The van der Waals surface area contributed by atoms with Crippen molar-refractivity contribution in [2.45, 2.75) is 26.7 Å². The van der Waals surface area contributed by atoms with Gasteiger partial charge in [-0.2, -0.15) is 0 Å². The van der Waals surface area contributed by atoms with Gasteiger partial charge in [-0.25, -0.2) is 0 Å². The molecular formula is C11H21N3O2. The van der Waals surface area contributed by atoms with E-state index >= 15 is 0 Å². The molecule has 4 N–H and O–H groups in total. The summed E-state index contributed by atoms with van der Waals surface area (Å²) in [5, 5.41) is 5.28. The highest BCUT2D eigenvalue weighted by molar-refractivity contribution is 5.88. The summed E-state index contributed by atoms with van der Waals surface area (Å²) in [5.41, 5.74) is 5.21. The fourth-order valence-corrected chi connectivity index (χ4v) is 2.33. The van der Waals surface area contributed by atoms with Gasteiger partial charge in [-0.05, 0) is 25.7 Å². The molecule has 1 rings (SSSR count). The average molecular weight is 227 g/mol. The van der Waals surface area contributed by atoms with E-state index in [-0.39, 0.29) is 18.4 Å². The van der Waals surface area contributed by atoms with Crippen molar-refractivity contribution in [3.8, 4) is 0 Å². The van der Waals surface area contributed by atoms with Gasteiger partial charge in [0.1, 0.15) is 0 Å². The van der Waals surface area contributed by atoms with Gasteiger partial charge in [-0.1, -0.05) is 6.92 Å². The maximum Gasteiger partial charge on any atom is 0.239 e. The number of hydrogen-bond donors (Lipinski definition) is 3. The Bertz CT molecular complexity index is 272. The van der Waals surface area contributed by atoms with Gasteiger partial charge in [0, 0.05) is 13.1 Å². The lowest BCUT2D eigenvalue weighted by atomic mass is 9.62. The van der Waals surface area contributed by atoms with E-state index in [4.69, 9.17) is 5.73 Å². The first-order valence-electron chi connectivity index (χ1n) is 5.79. The lowest BCUT2D eigenvalue weighted by Gasteiger charge is -2.44. The second-order valence-electron chi connectivity index (χ2n) is 4.63. The van der Waals surface area contributed by atoms with Crippen molar-refractivity contribution in [2.75, 3.05) is 19.6 Å². The molecule has 0 aromatic carbocycles. The third-order valence-corrected chi connectivity index (χ3v) is 3.13. The summed E-state index contributed by atoms with van der Waals surface area (Å²) in [4.78, 5) is 23.0. The minimum absolute atomic E-state index is 0.0444. The van der Waals surface area contributed by atoms with E-state index in [0.717, 1.165) is 12.8 Å². The Balaban J connectivity index is 2.37. The van der Waals surface area contributed by atoms with Crippen LogP contribution in [0.15, 0.2) is 0 Å². The minimum Gasteiger partial charge on any atom is -0.355 e. The Morgan fingerprint density at radius 2 is 2.00 bits per heavy atom. The highest BCUT2D eigenvalue weighted by Gasteiger charge is 2.46. The van der Waals surface area contributed by atoms with Crippen LogP contribution in [0, 0.1) is 11.3 Å². The molecule has 2 amide bonds. The Morgan fingerprint density at radius 1 is 1.38 bits per heavy atom. The van der Waals surface area contributed by atoms with Gasteiger partial charge >= 0.3 is 0 Å². The number of likely N-dealkylation sites (N-methyl/N-ethyl adjacent to an activating group) is 1. The highest BCUT2D eigenvalue weighted by Crippen LogP contribution is 2.44. The molecule has 0 radical (unpaired) electrons. The van der Waals surface area contributed by atoms with Crippen LogP contribution in [0.25, 0.3) is 0 Å². The first-order chi connectivity index (χ1) is 7.54. The summed E-state index contributed by atoms with van der Waals surface area (Å²) in [6, 6.07) is 0. The molecule has 92 valence electrons. The fraction of sp³-hybridized carbons (Fsp3) is 0.818. The molecule has 0 bridgehead atoms. The molecule has 1 aliphatic rings. The van der Waals surface area contributed by atoms with Crippen molar-refractivity contribution < 1.29 is 9.59 Å². The summed E-state index contributed by atoms with van der Waals surface area (Å²) in [5.74, 6) is 0.313. The molecule has 0 spiro atoms. The third-order valence-electron chi connectivity index (χ3n) is 3.13. The van der Waals surface area contributed by atoms with E-state index in [1.54, 1.807) is 0 Å². The molecule has 0 aliphatic heterocycles. The SMILES string of the molecule is CCNC(=O)CNC(=O)C1(CN)CC(C)C1. The molecule has 5 heteroatoms. The Hall–Kier alpha value is -1.10. The van der Waals surface area contributed by atoms with E-state index in [1.807, 2.05) is 6.92 Å². The van der Waals surface area contributed by atoms with Crippen molar-refractivity contribution in [2.24, 2.45) is 17.1 Å². The molecule has 5 nitrogen and oxygen atoms in total. The highest BCUT2D eigenvalue weighted by atomic mass is 16.2. The number of rotatable bonds is 5. The zero-order valence-electron chi connectivity index (χ0n) is 10.0. The number of hydrogen-bond acceptors (Lipinski definition) is 3. The fourth-order valence-electron chi connectivity index (χ4n) is 2.33. The number of nitrogens with two attached hydrogens (primary N) is 1. The predicted molar refractivity (Wildman–Crippen MR) is 61.6 cm³/mol. The largest absolute Gasteiger partial charge is 0.355 e. The summed E-state index contributed by atoms with van der Waals surface area (Å²) >= 11 is 0. The van der Waals surface area contributed by atoms with Crippen molar-refractivity contribution in [1.82, 2.24) is 10.6 Å². The summed E-state index contributed by atoms with van der Waals surface area (Å²) in [6.07, 6.45) is 1.65. The van der Waals surface area contributed by atoms with Crippen LogP contribution in [-0.2, 0) is 9.59 Å². The van der Waals surface area contributed by atoms with Crippen LogP contribution in [-0.4, -0.2) is 31.4 Å². The molecule has 0 heterocycles. The number of carbonyl (C=O) groups is 2. The predicted octanol–water partition coefficient (Wildman–Crippen LogP) is -0.386. The second kappa shape index (κ2) is 5.30. The van der Waals surface area contributed by atoms with Crippen LogP contribution < -0.4 is 16.4 Å². The molecule has 0 atom stereocenters. The molecule has 1 fully saturated rings. The molecule has 16 heavy (non-hydrogen) atoms. The minimum atomic E-state index is -0.425. The van der Waals surface area contributed by atoms with E-state index in [0.29, 0.717) is 19.0 Å². The quantitative estimate of drug-likeness (QED) is 0.598. The zero-order chi connectivity index (χ0) is 12.2. The van der Waals surface area contributed by atoms with Crippen LogP contribution in [0.3, 0.4) is 0 Å². The first-order valence-corrected chi connectivity index (χ1v) is 5.79. The Kier molecular flexibility index (Phi) is 4.29. The standard InChI is InChI=1S/C11H21N3O2/c1-3-13-9(15)6-14-10(16)11(7-12)4-8(2)5-11/h8H,3-7,12H2,1-2H3,(H,13,15)(H,14,16). The molecule has 0 unspecified atom stereocenters. The lowest BCUT2D eigenvalue weighted by molar-refractivity contribution is -0.139. The molecule has 1 saturated carbocycles. The molecule has 0 saturated heterocycles. The van der Waals surface area contributed by atoms with Gasteiger partial charge in [-0.15, -0.1) is 0 Å². The van der Waals surface area contributed by atoms with Crippen molar-refractivity contribution >= 4 is 11.8 Å². The topological polar surface area (TPSA) is 84.2 Å². The second-order valence-corrected chi connectivity index (χ2v) is 4.63. The van der Waals surface area contributed by atoms with Gasteiger partial charge in [-0.3, -0.25) is 9.59 Å². The molecule has 1 aliphatic carbocycles.